The van der Waals surface area contributed by atoms with E-state index in [1.807, 2.05) is 22.2 Å². The van der Waals surface area contributed by atoms with Gasteiger partial charge in [-0.2, -0.15) is 11.3 Å². The Morgan fingerprint density at radius 3 is 2.48 bits per heavy atom. The molecule has 0 atom stereocenters. The van der Waals surface area contributed by atoms with Crippen LogP contribution in [0.3, 0.4) is 0 Å². The molecule has 1 aliphatic heterocycles. The summed E-state index contributed by atoms with van der Waals surface area (Å²) in [5.41, 5.74) is 1.56. The molecule has 0 bridgehead atoms. The molecule has 7 heteroatoms. The predicted molar refractivity (Wildman–Crippen MR) is 83.6 cm³/mol. The molecule has 2 amide bonds. The molecule has 0 unspecified atom stereocenters. The minimum absolute atomic E-state index is 0.0454. The number of thiazole rings is 1. The van der Waals surface area contributed by atoms with Gasteiger partial charge in [0.1, 0.15) is 10.7 Å². The fourth-order valence-electron chi connectivity index (χ4n) is 2.28. The summed E-state index contributed by atoms with van der Waals surface area (Å²) in [6, 6.07) is 2.00. The molecule has 0 spiro atoms. The van der Waals surface area contributed by atoms with Crippen LogP contribution < -0.4 is 0 Å². The van der Waals surface area contributed by atoms with Crippen molar-refractivity contribution in [3.8, 4) is 10.6 Å². The Morgan fingerprint density at radius 1 is 1.14 bits per heavy atom. The van der Waals surface area contributed by atoms with E-state index >= 15 is 0 Å². The molecule has 2 aromatic heterocycles. The summed E-state index contributed by atoms with van der Waals surface area (Å²) in [4.78, 5) is 31.7. The van der Waals surface area contributed by atoms with Gasteiger partial charge in [0.25, 0.3) is 5.91 Å². The molecular formula is C14H15N3O2S2. The lowest BCUT2D eigenvalue weighted by Crippen LogP contribution is -2.50. The number of amides is 2. The van der Waals surface area contributed by atoms with Crippen molar-refractivity contribution in [3.63, 3.8) is 0 Å². The third-order valence-corrected chi connectivity index (χ3v) is 5.08. The number of carbonyl (C=O) groups excluding carboxylic acids is 2. The fourth-order valence-corrected chi connectivity index (χ4v) is 3.78. The Balaban J connectivity index is 1.68. The number of hydrogen-bond acceptors (Lipinski definition) is 5. The van der Waals surface area contributed by atoms with Crippen LogP contribution in [0.25, 0.3) is 10.6 Å². The summed E-state index contributed by atoms with van der Waals surface area (Å²) in [5.74, 6) is 0.0198. The monoisotopic (exact) mass is 321 g/mol. The van der Waals surface area contributed by atoms with E-state index < -0.39 is 0 Å². The minimum atomic E-state index is -0.0454. The van der Waals surface area contributed by atoms with Crippen LogP contribution in [0.2, 0.25) is 0 Å². The van der Waals surface area contributed by atoms with E-state index in [1.165, 1.54) is 11.3 Å². The lowest BCUT2D eigenvalue weighted by molar-refractivity contribution is -0.130. The molecule has 1 aliphatic rings. The second-order valence-electron chi connectivity index (χ2n) is 4.85. The van der Waals surface area contributed by atoms with Crippen molar-refractivity contribution in [3.05, 3.63) is 27.9 Å². The molecule has 0 N–H and O–H groups in total. The molecule has 0 radical (unpaired) electrons. The first-order valence-electron chi connectivity index (χ1n) is 6.68. The third kappa shape index (κ3) is 2.98. The molecule has 0 aliphatic carbocycles. The smallest absolute Gasteiger partial charge is 0.273 e. The van der Waals surface area contributed by atoms with Crippen LogP contribution in [0.4, 0.5) is 0 Å². The topological polar surface area (TPSA) is 53.5 Å². The number of piperazine rings is 1. The number of thiophene rings is 1. The molecule has 2 aromatic rings. The SMILES string of the molecule is CC(=O)N1CCN(C(=O)c2csc(-c3ccsc3)n2)CC1. The van der Waals surface area contributed by atoms with E-state index in [9.17, 15) is 9.59 Å². The highest BCUT2D eigenvalue weighted by atomic mass is 32.1. The zero-order valence-corrected chi connectivity index (χ0v) is 13.2. The lowest BCUT2D eigenvalue weighted by atomic mass is 10.3. The second-order valence-corrected chi connectivity index (χ2v) is 6.49. The first-order chi connectivity index (χ1) is 10.1. The van der Waals surface area contributed by atoms with E-state index in [4.69, 9.17) is 0 Å². The van der Waals surface area contributed by atoms with Crippen LogP contribution in [0, 0.1) is 0 Å². The molecule has 1 saturated heterocycles. The molecule has 3 heterocycles. The number of carbonyl (C=O) groups is 2. The zero-order valence-electron chi connectivity index (χ0n) is 11.6. The first-order valence-corrected chi connectivity index (χ1v) is 8.50. The quantitative estimate of drug-likeness (QED) is 0.852. The lowest BCUT2D eigenvalue weighted by Gasteiger charge is -2.33. The second kappa shape index (κ2) is 5.95. The van der Waals surface area contributed by atoms with Crippen LogP contribution in [0.1, 0.15) is 17.4 Å². The van der Waals surface area contributed by atoms with Crippen molar-refractivity contribution >= 4 is 34.5 Å². The van der Waals surface area contributed by atoms with E-state index in [0.717, 1.165) is 10.6 Å². The third-order valence-electron chi connectivity index (χ3n) is 3.50. The molecule has 0 saturated carbocycles. The Labute approximate surface area is 130 Å². The van der Waals surface area contributed by atoms with E-state index in [0.29, 0.717) is 31.9 Å². The standard InChI is InChI=1S/C14H15N3O2S2/c1-10(18)16-3-5-17(6-4-16)14(19)12-9-21-13(15-12)11-2-7-20-8-11/h2,7-9H,3-6H2,1H3. The molecule has 0 aromatic carbocycles. The van der Waals surface area contributed by atoms with Gasteiger partial charge < -0.3 is 9.80 Å². The van der Waals surface area contributed by atoms with Gasteiger partial charge in [0.2, 0.25) is 5.91 Å². The Bertz CT molecular complexity index is 643. The maximum absolute atomic E-state index is 12.4. The van der Waals surface area contributed by atoms with Gasteiger partial charge in [-0.15, -0.1) is 11.3 Å². The van der Waals surface area contributed by atoms with Crippen molar-refractivity contribution in [2.24, 2.45) is 0 Å². The minimum Gasteiger partial charge on any atom is -0.339 e. The van der Waals surface area contributed by atoms with Gasteiger partial charge in [-0.3, -0.25) is 9.59 Å². The van der Waals surface area contributed by atoms with Crippen molar-refractivity contribution in [1.82, 2.24) is 14.8 Å². The van der Waals surface area contributed by atoms with Crippen LogP contribution in [-0.2, 0) is 4.79 Å². The Morgan fingerprint density at radius 2 is 1.86 bits per heavy atom. The van der Waals surface area contributed by atoms with Crippen molar-refractivity contribution < 1.29 is 9.59 Å². The van der Waals surface area contributed by atoms with Gasteiger partial charge in [-0.05, 0) is 11.4 Å². The van der Waals surface area contributed by atoms with E-state index in [2.05, 4.69) is 4.98 Å². The maximum Gasteiger partial charge on any atom is 0.273 e. The van der Waals surface area contributed by atoms with Gasteiger partial charge in [-0.25, -0.2) is 4.98 Å². The van der Waals surface area contributed by atoms with Gasteiger partial charge in [0.05, 0.1) is 0 Å². The van der Waals surface area contributed by atoms with Crippen molar-refractivity contribution in [2.75, 3.05) is 26.2 Å². The summed E-state index contributed by atoms with van der Waals surface area (Å²) in [6.07, 6.45) is 0. The van der Waals surface area contributed by atoms with E-state index in [1.54, 1.807) is 28.1 Å². The largest absolute Gasteiger partial charge is 0.339 e. The number of hydrogen-bond donors (Lipinski definition) is 0. The highest BCUT2D eigenvalue weighted by Gasteiger charge is 2.24. The van der Waals surface area contributed by atoms with Gasteiger partial charge in [-0.1, -0.05) is 0 Å². The summed E-state index contributed by atoms with van der Waals surface area (Å²) in [5, 5.41) is 6.71. The van der Waals surface area contributed by atoms with Crippen molar-refractivity contribution in [2.45, 2.75) is 6.92 Å². The molecule has 1 fully saturated rings. The summed E-state index contributed by atoms with van der Waals surface area (Å²) < 4.78 is 0. The predicted octanol–water partition coefficient (Wildman–Crippen LogP) is 2.18. The normalized spacial score (nSPS) is 15.3. The van der Waals surface area contributed by atoms with Crippen LogP contribution >= 0.6 is 22.7 Å². The van der Waals surface area contributed by atoms with Gasteiger partial charge in [0, 0.05) is 49.4 Å². The highest BCUT2D eigenvalue weighted by Crippen LogP contribution is 2.26. The molecule has 21 heavy (non-hydrogen) atoms. The average Bonchev–Trinajstić information content (AvgIpc) is 3.17. The Hall–Kier alpha value is -1.73. The fraction of sp³-hybridized carbons (Fsp3) is 0.357. The average molecular weight is 321 g/mol. The van der Waals surface area contributed by atoms with Crippen LogP contribution in [0.5, 0.6) is 0 Å². The molecule has 110 valence electrons. The van der Waals surface area contributed by atoms with Crippen molar-refractivity contribution in [1.29, 1.82) is 0 Å². The summed E-state index contributed by atoms with van der Waals surface area (Å²) in [6.45, 7) is 3.91. The molecule has 3 rings (SSSR count). The summed E-state index contributed by atoms with van der Waals surface area (Å²) in [7, 11) is 0. The molecular weight excluding hydrogens is 306 g/mol. The maximum atomic E-state index is 12.4. The highest BCUT2D eigenvalue weighted by molar-refractivity contribution is 7.14. The number of nitrogens with zero attached hydrogens (tertiary/aromatic N) is 3. The first kappa shape index (κ1) is 14.2. The van der Waals surface area contributed by atoms with Crippen LogP contribution in [-0.4, -0.2) is 52.8 Å². The molecule has 5 nitrogen and oxygen atoms in total. The van der Waals surface area contributed by atoms with Gasteiger partial charge in [0.15, 0.2) is 0 Å². The number of aromatic nitrogens is 1. The van der Waals surface area contributed by atoms with Crippen LogP contribution in [0.15, 0.2) is 22.2 Å². The number of rotatable bonds is 2. The Kier molecular flexibility index (Phi) is 4.03. The summed E-state index contributed by atoms with van der Waals surface area (Å²) >= 11 is 3.11. The van der Waals surface area contributed by atoms with Gasteiger partial charge >= 0.3 is 0 Å². The van der Waals surface area contributed by atoms with E-state index in [-0.39, 0.29) is 11.8 Å². The zero-order chi connectivity index (χ0) is 14.8.